The van der Waals surface area contributed by atoms with Gasteiger partial charge >= 0.3 is 0 Å². The Bertz CT molecular complexity index is 2760. The highest BCUT2D eigenvalue weighted by Gasteiger charge is 2.39. The van der Waals surface area contributed by atoms with Crippen molar-refractivity contribution in [2.45, 2.75) is 0 Å². The molecule has 0 fully saturated rings. The summed E-state index contributed by atoms with van der Waals surface area (Å²) in [7, 11) is 0. The molecule has 0 atom stereocenters. The molecule has 0 N–H and O–H groups in total. The van der Waals surface area contributed by atoms with Crippen LogP contribution in [0.5, 0.6) is 0 Å². The number of rotatable bonds is 5. The summed E-state index contributed by atoms with van der Waals surface area (Å²) in [4.78, 5) is 30.0. The average molecular weight is 667 g/mol. The summed E-state index contributed by atoms with van der Waals surface area (Å²) < 4.78 is 2.06. The molecule has 6 heteroatoms. The average Bonchev–Trinajstić information content (AvgIpc) is 3.67. The Morgan fingerprint density at radius 3 is 1.56 bits per heavy atom. The second-order valence-electron chi connectivity index (χ2n) is 12.7. The van der Waals surface area contributed by atoms with Crippen LogP contribution in [0.25, 0.3) is 60.9 Å². The van der Waals surface area contributed by atoms with Gasteiger partial charge in [-0.05, 0) is 94.0 Å². The Balaban J connectivity index is 1.27. The van der Waals surface area contributed by atoms with Crippen LogP contribution in [0.1, 0.15) is 31.8 Å². The smallest absolute Gasteiger partial charge is 0.268 e. The van der Waals surface area contributed by atoms with Gasteiger partial charge in [0.15, 0.2) is 0 Å². The van der Waals surface area contributed by atoms with Gasteiger partial charge in [-0.25, -0.2) is 4.90 Å². The fourth-order valence-corrected chi connectivity index (χ4v) is 7.32. The molecule has 0 bridgehead atoms. The molecule has 0 radical (unpaired) electrons. The maximum absolute atomic E-state index is 14.6. The van der Waals surface area contributed by atoms with Gasteiger partial charge in [-0.2, -0.15) is 10.5 Å². The lowest BCUT2D eigenvalue weighted by Gasteiger charge is -2.16. The topological polar surface area (TPSA) is 89.9 Å². The monoisotopic (exact) mass is 666 g/mol. The number of amides is 2. The molecular formula is C46H26N4O2. The summed E-state index contributed by atoms with van der Waals surface area (Å²) in [5.41, 5.74) is 10.0. The number of benzene rings is 7. The van der Waals surface area contributed by atoms with Gasteiger partial charge in [-0.1, -0.05) is 97.1 Å². The van der Waals surface area contributed by atoms with Crippen LogP contribution >= 0.6 is 0 Å². The van der Waals surface area contributed by atoms with Gasteiger partial charge in [0.05, 0.1) is 56.8 Å². The van der Waals surface area contributed by atoms with Gasteiger partial charge in [-0.3, -0.25) is 9.59 Å². The van der Waals surface area contributed by atoms with E-state index in [9.17, 15) is 20.1 Å². The zero-order valence-electron chi connectivity index (χ0n) is 27.6. The lowest BCUT2D eigenvalue weighted by Crippen LogP contribution is -2.29. The van der Waals surface area contributed by atoms with Crippen molar-refractivity contribution in [2.75, 3.05) is 4.90 Å². The maximum atomic E-state index is 14.6. The molecule has 0 saturated carbocycles. The second kappa shape index (κ2) is 12.1. The number of aromatic nitrogens is 1. The molecule has 0 unspecified atom stereocenters. The molecule has 9 rings (SSSR count). The first-order chi connectivity index (χ1) is 25.5. The zero-order valence-corrected chi connectivity index (χ0v) is 27.6. The summed E-state index contributed by atoms with van der Waals surface area (Å²) in [5.74, 6) is -0.776. The van der Waals surface area contributed by atoms with E-state index in [2.05, 4.69) is 41.0 Å². The fraction of sp³-hybridized carbons (Fsp3) is 0. The number of imide groups is 1. The highest BCUT2D eigenvalue weighted by atomic mass is 16.2. The number of carbonyl (C=O) groups is 2. The molecule has 1 aromatic heterocycles. The summed E-state index contributed by atoms with van der Waals surface area (Å²) in [6, 6.07) is 54.5. The molecule has 8 aromatic rings. The van der Waals surface area contributed by atoms with Crippen LogP contribution in [0.3, 0.4) is 0 Å². The van der Waals surface area contributed by atoms with Crippen LogP contribution in [-0.4, -0.2) is 16.4 Å². The van der Waals surface area contributed by atoms with Crippen molar-refractivity contribution in [3.05, 3.63) is 180 Å². The van der Waals surface area contributed by atoms with E-state index in [4.69, 9.17) is 0 Å². The van der Waals surface area contributed by atoms with Crippen LogP contribution in [0.2, 0.25) is 0 Å². The molecule has 0 saturated heterocycles. The van der Waals surface area contributed by atoms with Crippen molar-refractivity contribution in [1.29, 1.82) is 10.5 Å². The second-order valence-corrected chi connectivity index (χ2v) is 12.7. The van der Waals surface area contributed by atoms with Gasteiger partial charge in [0.25, 0.3) is 11.8 Å². The van der Waals surface area contributed by atoms with E-state index < -0.39 is 5.91 Å². The van der Waals surface area contributed by atoms with E-state index in [1.165, 1.54) is 4.90 Å². The minimum atomic E-state index is -0.397. The molecule has 0 aliphatic carbocycles. The Hall–Kier alpha value is -7.54. The fourth-order valence-electron chi connectivity index (χ4n) is 7.32. The predicted octanol–water partition coefficient (Wildman–Crippen LogP) is 10.3. The van der Waals surface area contributed by atoms with Gasteiger partial charge in [0, 0.05) is 10.8 Å². The number of hydrogen-bond acceptors (Lipinski definition) is 4. The van der Waals surface area contributed by atoms with Crippen LogP contribution in [0.15, 0.2) is 158 Å². The minimum absolute atomic E-state index is 0.324. The van der Waals surface area contributed by atoms with Crippen molar-refractivity contribution in [1.82, 2.24) is 4.57 Å². The normalized spacial score (nSPS) is 12.2. The van der Waals surface area contributed by atoms with Crippen LogP contribution < -0.4 is 4.90 Å². The largest absolute Gasteiger partial charge is 0.308 e. The SMILES string of the molecule is N#Cc1cccc(-c2ccc3c4ccc(-c5cccc(C#N)c5)cc4n(-c4cccc5c4C(=O)N(c4cccc(-c6ccccc6)c4)C5=O)c3c2)c1. The van der Waals surface area contributed by atoms with E-state index in [1.807, 2.05) is 109 Å². The molecule has 0 spiro atoms. The number of anilines is 1. The Morgan fingerprint density at radius 1 is 0.442 bits per heavy atom. The maximum Gasteiger partial charge on any atom is 0.268 e. The first-order valence-corrected chi connectivity index (χ1v) is 16.8. The molecule has 6 nitrogen and oxygen atoms in total. The third-order valence-electron chi connectivity index (χ3n) is 9.76. The predicted molar refractivity (Wildman–Crippen MR) is 204 cm³/mol. The van der Waals surface area contributed by atoms with Gasteiger partial charge in [-0.15, -0.1) is 0 Å². The van der Waals surface area contributed by atoms with Crippen molar-refractivity contribution < 1.29 is 9.59 Å². The summed E-state index contributed by atoms with van der Waals surface area (Å²) in [5, 5.41) is 21.1. The summed E-state index contributed by atoms with van der Waals surface area (Å²) in [6.45, 7) is 0. The number of fused-ring (bicyclic) bond motifs is 4. The van der Waals surface area contributed by atoms with Crippen molar-refractivity contribution >= 4 is 39.3 Å². The molecule has 1 aliphatic rings. The number of carbonyl (C=O) groups excluding carboxylic acids is 2. The van der Waals surface area contributed by atoms with Crippen molar-refractivity contribution in [3.63, 3.8) is 0 Å². The molecule has 7 aromatic carbocycles. The van der Waals surface area contributed by atoms with Crippen LogP contribution in [-0.2, 0) is 0 Å². The molecular weight excluding hydrogens is 641 g/mol. The van der Waals surface area contributed by atoms with Gasteiger partial charge in [0.2, 0.25) is 0 Å². The van der Waals surface area contributed by atoms with Crippen molar-refractivity contribution in [2.24, 2.45) is 0 Å². The van der Waals surface area contributed by atoms with E-state index >= 15 is 0 Å². The Labute approximate surface area is 299 Å². The van der Waals surface area contributed by atoms with E-state index in [1.54, 1.807) is 24.3 Å². The number of nitrogens with zero attached hydrogens (tertiary/aromatic N) is 4. The third kappa shape index (κ3) is 4.87. The minimum Gasteiger partial charge on any atom is -0.308 e. The van der Waals surface area contributed by atoms with E-state index in [-0.39, 0.29) is 5.91 Å². The summed E-state index contributed by atoms with van der Waals surface area (Å²) >= 11 is 0. The Kier molecular flexibility index (Phi) is 7.10. The highest BCUT2D eigenvalue weighted by molar-refractivity contribution is 6.36. The first-order valence-electron chi connectivity index (χ1n) is 16.8. The molecule has 2 amide bonds. The lowest BCUT2D eigenvalue weighted by molar-refractivity contribution is 0.0926. The number of hydrogen-bond donors (Lipinski definition) is 0. The Morgan fingerprint density at radius 2 is 0.962 bits per heavy atom. The highest BCUT2D eigenvalue weighted by Crippen LogP contribution is 2.41. The lowest BCUT2D eigenvalue weighted by atomic mass is 10.0. The molecule has 242 valence electrons. The third-order valence-corrected chi connectivity index (χ3v) is 9.76. The van der Waals surface area contributed by atoms with Crippen molar-refractivity contribution in [3.8, 4) is 51.2 Å². The van der Waals surface area contributed by atoms with Gasteiger partial charge < -0.3 is 4.57 Å². The molecule has 2 heterocycles. The standard InChI is InChI=1S/C46H26N4O2/c47-27-29-8-4-12-32(22-29)35-18-20-38-39-21-19-36(33-13-5-9-30(23-33)28-48)26-43(39)50(42(38)25-35)41-17-7-16-40-44(41)46(52)49(45(40)51)37-15-6-14-34(24-37)31-10-2-1-3-11-31/h1-26H. The van der Waals surface area contributed by atoms with E-state index in [0.717, 1.165) is 55.2 Å². The van der Waals surface area contributed by atoms with E-state index in [0.29, 0.717) is 33.6 Å². The summed E-state index contributed by atoms with van der Waals surface area (Å²) in [6.07, 6.45) is 0. The quantitative estimate of drug-likeness (QED) is 0.171. The number of nitriles is 2. The van der Waals surface area contributed by atoms with Gasteiger partial charge in [0.1, 0.15) is 0 Å². The molecule has 52 heavy (non-hydrogen) atoms. The zero-order chi connectivity index (χ0) is 35.3. The first kappa shape index (κ1) is 30.5. The van der Waals surface area contributed by atoms with Crippen LogP contribution in [0, 0.1) is 22.7 Å². The van der Waals surface area contributed by atoms with Crippen LogP contribution in [0.4, 0.5) is 5.69 Å². The molecule has 1 aliphatic heterocycles.